The Morgan fingerprint density at radius 1 is 1.15 bits per heavy atom. The van der Waals surface area contributed by atoms with Crippen molar-refractivity contribution in [2.75, 3.05) is 6.54 Å². The first-order valence-corrected chi connectivity index (χ1v) is 6.64. The summed E-state index contributed by atoms with van der Waals surface area (Å²) >= 11 is 0. The molecule has 2 rings (SSSR count). The Bertz CT molecular complexity index is 679. The van der Waals surface area contributed by atoms with Crippen molar-refractivity contribution in [1.82, 2.24) is 10.3 Å². The monoisotopic (exact) mass is 280 g/mol. The van der Waals surface area contributed by atoms with Gasteiger partial charge in [0.15, 0.2) is 11.6 Å². The van der Waals surface area contributed by atoms with Crippen LogP contribution in [0.5, 0.6) is 0 Å². The lowest BCUT2D eigenvalue weighted by Crippen LogP contribution is -2.24. The third-order valence-corrected chi connectivity index (χ3v) is 3.27. The lowest BCUT2D eigenvalue weighted by atomic mass is 10.0. The van der Waals surface area contributed by atoms with Crippen molar-refractivity contribution in [3.63, 3.8) is 0 Å². The van der Waals surface area contributed by atoms with Crippen LogP contribution in [0.4, 0.5) is 8.78 Å². The van der Waals surface area contributed by atoms with E-state index in [1.54, 1.807) is 6.20 Å². The quantitative estimate of drug-likeness (QED) is 0.904. The number of aromatic amines is 1. The minimum atomic E-state index is -1.01. The highest BCUT2D eigenvalue weighted by Gasteiger charge is 2.14. The molecule has 2 N–H and O–H groups in total. The van der Waals surface area contributed by atoms with Crippen LogP contribution in [0.2, 0.25) is 0 Å². The van der Waals surface area contributed by atoms with Crippen molar-refractivity contribution in [3.05, 3.63) is 45.9 Å². The van der Waals surface area contributed by atoms with Gasteiger partial charge in [0.1, 0.15) is 0 Å². The van der Waals surface area contributed by atoms with E-state index >= 15 is 0 Å². The fraction of sp³-hybridized carbons (Fsp3) is 0.400. The summed E-state index contributed by atoms with van der Waals surface area (Å²) in [5.41, 5.74) is 0.331. The van der Waals surface area contributed by atoms with Gasteiger partial charge < -0.3 is 10.3 Å². The largest absolute Gasteiger partial charge is 0.328 e. The van der Waals surface area contributed by atoms with E-state index in [1.165, 1.54) is 0 Å². The van der Waals surface area contributed by atoms with Gasteiger partial charge in [-0.15, -0.1) is 0 Å². The molecule has 1 unspecified atom stereocenters. The highest BCUT2D eigenvalue weighted by atomic mass is 19.2. The van der Waals surface area contributed by atoms with E-state index < -0.39 is 17.2 Å². The fourth-order valence-corrected chi connectivity index (χ4v) is 2.15. The molecule has 1 aromatic carbocycles. The summed E-state index contributed by atoms with van der Waals surface area (Å²) in [5, 5.41) is 3.91. The van der Waals surface area contributed by atoms with Gasteiger partial charge in [0.05, 0.1) is 5.39 Å². The van der Waals surface area contributed by atoms with E-state index in [0.29, 0.717) is 11.3 Å². The zero-order valence-corrected chi connectivity index (χ0v) is 11.8. The van der Waals surface area contributed by atoms with E-state index in [4.69, 9.17) is 0 Å². The molecule has 5 heteroatoms. The Morgan fingerprint density at radius 3 is 2.35 bits per heavy atom. The van der Waals surface area contributed by atoms with Gasteiger partial charge in [0, 0.05) is 12.2 Å². The minimum absolute atomic E-state index is 0.0680. The molecule has 0 spiro atoms. The van der Waals surface area contributed by atoms with Crippen LogP contribution in [-0.4, -0.2) is 11.5 Å². The molecule has 3 nitrogen and oxygen atoms in total. The number of fused-ring (bicyclic) bond motifs is 1. The van der Waals surface area contributed by atoms with Crippen molar-refractivity contribution in [2.45, 2.75) is 26.8 Å². The van der Waals surface area contributed by atoms with Crippen molar-refractivity contribution in [3.8, 4) is 0 Å². The molecule has 0 amide bonds. The average molecular weight is 280 g/mol. The molecular formula is C15H18F2N2O. The first-order valence-electron chi connectivity index (χ1n) is 6.64. The van der Waals surface area contributed by atoms with Crippen LogP contribution in [0.25, 0.3) is 10.8 Å². The maximum Gasteiger partial charge on any atom is 0.255 e. The van der Waals surface area contributed by atoms with Crippen molar-refractivity contribution in [2.24, 2.45) is 5.92 Å². The van der Waals surface area contributed by atoms with Gasteiger partial charge in [-0.25, -0.2) is 8.78 Å². The first kappa shape index (κ1) is 14.7. The van der Waals surface area contributed by atoms with Crippen LogP contribution in [0.1, 0.15) is 32.4 Å². The lowest BCUT2D eigenvalue weighted by molar-refractivity contribution is 0.496. The molecule has 0 saturated heterocycles. The standard InChI is InChI=1S/C15H18F2N2O/c1-8(2)6-18-9(3)12-7-19-15(20)11-5-14(17)13(16)4-10(11)12/h4-5,7-9,18H,6H2,1-3H3,(H,19,20). The summed E-state index contributed by atoms with van der Waals surface area (Å²) in [6.45, 7) is 6.89. The van der Waals surface area contributed by atoms with Gasteiger partial charge in [-0.3, -0.25) is 4.79 Å². The lowest BCUT2D eigenvalue weighted by Gasteiger charge is -2.17. The molecule has 0 radical (unpaired) electrons. The third-order valence-electron chi connectivity index (χ3n) is 3.27. The fourth-order valence-electron chi connectivity index (χ4n) is 2.15. The van der Waals surface area contributed by atoms with Crippen molar-refractivity contribution >= 4 is 10.8 Å². The number of H-pyrrole nitrogens is 1. The van der Waals surface area contributed by atoms with E-state index in [9.17, 15) is 13.6 Å². The molecule has 0 aliphatic carbocycles. The van der Waals surface area contributed by atoms with Crippen LogP contribution >= 0.6 is 0 Å². The molecule has 0 fully saturated rings. The van der Waals surface area contributed by atoms with Gasteiger partial charge >= 0.3 is 0 Å². The first-order chi connectivity index (χ1) is 9.40. The zero-order valence-electron chi connectivity index (χ0n) is 11.8. The molecule has 0 bridgehead atoms. The maximum atomic E-state index is 13.4. The predicted molar refractivity (Wildman–Crippen MR) is 75.7 cm³/mol. The summed E-state index contributed by atoms with van der Waals surface area (Å²) in [4.78, 5) is 14.3. The molecule has 0 aliphatic heterocycles. The molecule has 108 valence electrons. The van der Waals surface area contributed by atoms with E-state index in [2.05, 4.69) is 24.1 Å². The Kier molecular flexibility index (Phi) is 4.18. The number of benzene rings is 1. The Morgan fingerprint density at radius 2 is 1.75 bits per heavy atom. The Hall–Kier alpha value is -1.75. The van der Waals surface area contributed by atoms with Crippen molar-refractivity contribution in [1.29, 1.82) is 0 Å². The summed E-state index contributed by atoms with van der Waals surface area (Å²) in [6.07, 6.45) is 1.56. The van der Waals surface area contributed by atoms with Crippen LogP contribution in [0, 0.1) is 17.6 Å². The molecule has 0 aliphatic rings. The molecule has 1 heterocycles. The van der Waals surface area contributed by atoms with Gasteiger partial charge in [-0.1, -0.05) is 13.8 Å². The zero-order chi connectivity index (χ0) is 14.9. The second kappa shape index (κ2) is 5.71. The van der Waals surface area contributed by atoms with Gasteiger partial charge in [-0.2, -0.15) is 0 Å². The number of pyridine rings is 1. The Balaban J connectivity index is 2.51. The molecule has 2 aromatic rings. The molecule has 1 aromatic heterocycles. The number of nitrogens with one attached hydrogen (secondary N) is 2. The normalized spacial score (nSPS) is 13.1. The van der Waals surface area contributed by atoms with E-state index in [0.717, 1.165) is 24.2 Å². The molecule has 20 heavy (non-hydrogen) atoms. The second-order valence-electron chi connectivity index (χ2n) is 5.41. The van der Waals surface area contributed by atoms with Crippen LogP contribution in [0.15, 0.2) is 23.1 Å². The summed E-state index contributed by atoms with van der Waals surface area (Å²) in [6, 6.07) is 1.96. The highest BCUT2D eigenvalue weighted by molar-refractivity contribution is 5.85. The smallest absolute Gasteiger partial charge is 0.255 e. The summed E-state index contributed by atoms with van der Waals surface area (Å²) < 4.78 is 26.7. The number of aromatic nitrogens is 1. The minimum Gasteiger partial charge on any atom is -0.328 e. The van der Waals surface area contributed by atoms with E-state index in [-0.39, 0.29) is 11.4 Å². The van der Waals surface area contributed by atoms with Gasteiger partial charge in [0.2, 0.25) is 0 Å². The van der Waals surface area contributed by atoms with Crippen LogP contribution in [0.3, 0.4) is 0 Å². The van der Waals surface area contributed by atoms with Gasteiger partial charge in [-0.05, 0) is 42.5 Å². The topological polar surface area (TPSA) is 44.9 Å². The number of hydrogen-bond donors (Lipinski definition) is 2. The number of hydrogen-bond acceptors (Lipinski definition) is 2. The van der Waals surface area contributed by atoms with Crippen LogP contribution in [-0.2, 0) is 0 Å². The van der Waals surface area contributed by atoms with Crippen molar-refractivity contribution < 1.29 is 8.78 Å². The SMILES string of the molecule is CC(C)CNC(C)c1c[nH]c(=O)c2cc(F)c(F)cc12. The predicted octanol–water partition coefficient (Wildman–Crippen LogP) is 3.11. The highest BCUT2D eigenvalue weighted by Crippen LogP contribution is 2.23. The van der Waals surface area contributed by atoms with Crippen LogP contribution < -0.4 is 10.9 Å². The second-order valence-corrected chi connectivity index (χ2v) is 5.41. The maximum absolute atomic E-state index is 13.4. The third kappa shape index (κ3) is 2.88. The van der Waals surface area contributed by atoms with Gasteiger partial charge in [0.25, 0.3) is 5.56 Å². The molecular weight excluding hydrogens is 262 g/mol. The summed E-state index contributed by atoms with van der Waals surface area (Å²) in [5.74, 6) is -1.48. The number of rotatable bonds is 4. The number of halogens is 2. The Labute approximate surface area is 116 Å². The average Bonchev–Trinajstić information content (AvgIpc) is 2.39. The summed E-state index contributed by atoms with van der Waals surface area (Å²) in [7, 11) is 0. The molecule has 0 saturated carbocycles. The molecule has 1 atom stereocenters. The van der Waals surface area contributed by atoms with E-state index in [1.807, 2.05) is 6.92 Å².